The number of nitrogens with one attached hydrogen (secondary N) is 1. The topological polar surface area (TPSA) is 103 Å². The zero-order valence-corrected chi connectivity index (χ0v) is 16.0. The van der Waals surface area contributed by atoms with Crippen LogP contribution in [0.25, 0.3) is 11.3 Å². The van der Waals surface area contributed by atoms with Crippen LogP contribution in [-0.4, -0.2) is 33.2 Å². The summed E-state index contributed by atoms with van der Waals surface area (Å²) in [4.78, 5) is 41.2. The van der Waals surface area contributed by atoms with Crippen LogP contribution in [0.2, 0.25) is 0 Å². The van der Waals surface area contributed by atoms with Gasteiger partial charge in [0, 0.05) is 24.0 Å². The van der Waals surface area contributed by atoms with Gasteiger partial charge in [-0.15, -0.1) is 0 Å². The van der Waals surface area contributed by atoms with Crippen molar-refractivity contribution >= 4 is 17.6 Å². The number of amides is 1. The fourth-order valence-corrected chi connectivity index (χ4v) is 2.70. The second-order valence-corrected chi connectivity index (χ2v) is 6.17. The predicted molar refractivity (Wildman–Crippen MR) is 107 cm³/mol. The first kappa shape index (κ1) is 19.9. The van der Waals surface area contributed by atoms with Gasteiger partial charge in [-0.3, -0.25) is 14.6 Å². The number of ether oxygens (including phenoxy) is 1. The molecule has 0 bridgehead atoms. The summed E-state index contributed by atoms with van der Waals surface area (Å²) in [7, 11) is 0. The molecule has 0 spiro atoms. The number of rotatable bonds is 6. The van der Waals surface area contributed by atoms with Crippen LogP contribution in [0.15, 0.2) is 65.7 Å². The van der Waals surface area contributed by atoms with Gasteiger partial charge in [-0.2, -0.15) is 5.10 Å². The van der Waals surface area contributed by atoms with Crippen molar-refractivity contribution in [3.05, 3.63) is 76.8 Å². The normalized spacial score (nSPS) is 11.5. The van der Waals surface area contributed by atoms with Crippen molar-refractivity contribution in [1.82, 2.24) is 14.8 Å². The van der Waals surface area contributed by atoms with E-state index in [1.165, 1.54) is 6.07 Å². The highest BCUT2D eigenvalue weighted by Crippen LogP contribution is 2.19. The lowest BCUT2D eigenvalue weighted by molar-refractivity contribution is -0.119. The Hall–Kier alpha value is -3.81. The first-order valence-corrected chi connectivity index (χ1v) is 9.08. The molecule has 1 atom stereocenters. The van der Waals surface area contributed by atoms with Gasteiger partial charge in [0.15, 0.2) is 0 Å². The minimum absolute atomic E-state index is 0.220. The van der Waals surface area contributed by atoms with Crippen molar-refractivity contribution in [3.63, 3.8) is 0 Å². The smallest absolute Gasteiger partial charge is 0.340 e. The van der Waals surface area contributed by atoms with Crippen molar-refractivity contribution in [2.75, 3.05) is 11.9 Å². The van der Waals surface area contributed by atoms with Crippen molar-refractivity contribution in [3.8, 4) is 11.3 Å². The Bertz CT molecular complexity index is 1080. The quantitative estimate of drug-likeness (QED) is 0.647. The number of carbonyl (C=O) groups excluding carboxylic acids is 2. The summed E-state index contributed by atoms with van der Waals surface area (Å²) in [6.07, 6.45) is 3.26. The lowest BCUT2D eigenvalue weighted by Crippen LogP contribution is -2.33. The van der Waals surface area contributed by atoms with Gasteiger partial charge >= 0.3 is 5.97 Å². The average Bonchev–Trinajstić information content (AvgIpc) is 2.74. The maximum Gasteiger partial charge on any atom is 0.340 e. The molecule has 1 N–H and O–H groups in total. The molecule has 3 aromatic rings. The molecule has 0 aliphatic carbocycles. The van der Waals surface area contributed by atoms with Gasteiger partial charge in [0.05, 0.1) is 23.6 Å². The van der Waals surface area contributed by atoms with Gasteiger partial charge in [-0.25, -0.2) is 9.48 Å². The summed E-state index contributed by atoms with van der Waals surface area (Å²) in [6, 6.07) is 12.1. The second kappa shape index (κ2) is 8.92. The number of aromatic nitrogens is 3. The maximum absolute atomic E-state index is 12.8. The zero-order valence-electron chi connectivity index (χ0n) is 16.0. The molecule has 0 saturated heterocycles. The SMILES string of the molecule is CCOC(=O)c1ccccc1NC(=O)C(C)n1nc(-c2cccnc2)ccc1=O. The Morgan fingerprint density at radius 2 is 1.93 bits per heavy atom. The van der Waals surface area contributed by atoms with Gasteiger partial charge in [0.2, 0.25) is 5.91 Å². The number of benzene rings is 1. The number of anilines is 1. The molecule has 1 amide bonds. The summed E-state index contributed by atoms with van der Waals surface area (Å²) in [5.41, 5.74) is 1.36. The highest BCUT2D eigenvalue weighted by molar-refractivity contribution is 6.02. The average molecular weight is 392 g/mol. The van der Waals surface area contributed by atoms with Crippen LogP contribution in [0.5, 0.6) is 0 Å². The van der Waals surface area contributed by atoms with Gasteiger partial charge < -0.3 is 10.1 Å². The van der Waals surface area contributed by atoms with Crippen LogP contribution in [0.1, 0.15) is 30.2 Å². The molecule has 0 aliphatic rings. The van der Waals surface area contributed by atoms with E-state index >= 15 is 0 Å². The lowest BCUT2D eigenvalue weighted by Gasteiger charge is -2.16. The molecular formula is C21H20N4O4. The first-order valence-electron chi connectivity index (χ1n) is 9.08. The molecule has 1 unspecified atom stereocenters. The Labute approximate surface area is 167 Å². The Kier molecular flexibility index (Phi) is 6.13. The van der Waals surface area contributed by atoms with E-state index in [2.05, 4.69) is 15.4 Å². The summed E-state index contributed by atoms with van der Waals surface area (Å²) >= 11 is 0. The van der Waals surface area contributed by atoms with Gasteiger partial charge in [0.1, 0.15) is 6.04 Å². The fraction of sp³-hybridized carbons (Fsp3) is 0.190. The number of hydrogen-bond acceptors (Lipinski definition) is 6. The molecule has 8 heteroatoms. The van der Waals surface area contributed by atoms with Gasteiger partial charge in [0.25, 0.3) is 5.56 Å². The Morgan fingerprint density at radius 1 is 1.14 bits per heavy atom. The summed E-state index contributed by atoms with van der Waals surface area (Å²) in [6.45, 7) is 3.48. The number of para-hydroxylation sites is 1. The number of pyridine rings is 1. The highest BCUT2D eigenvalue weighted by atomic mass is 16.5. The fourth-order valence-electron chi connectivity index (χ4n) is 2.70. The third kappa shape index (κ3) is 4.55. The van der Waals surface area contributed by atoms with E-state index in [4.69, 9.17) is 4.74 Å². The van der Waals surface area contributed by atoms with E-state index < -0.39 is 23.5 Å². The van der Waals surface area contributed by atoms with Crippen LogP contribution in [-0.2, 0) is 9.53 Å². The molecule has 3 rings (SSSR count). The molecule has 1 aromatic carbocycles. The van der Waals surface area contributed by atoms with E-state index in [1.807, 2.05) is 6.07 Å². The molecule has 148 valence electrons. The predicted octanol–water partition coefficient (Wildman–Crippen LogP) is 2.68. The third-order valence-electron chi connectivity index (χ3n) is 4.21. The molecule has 2 aromatic heterocycles. The third-order valence-corrected chi connectivity index (χ3v) is 4.21. The van der Waals surface area contributed by atoms with Crippen molar-refractivity contribution in [2.45, 2.75) is 19.9 Å². The summed E-state index contributed by atoms with van der Waals surface area (Å²) in [5, 5.41) is 6.99. The minimum Gasteiger partial charge on any atom is -0.462 e. The second-order valence-electron chi connectivity index (χ2n) is 6.17. The van der Waals surface area contributed by atoms with Crippen LogP contribution in [0, 0.1) is 0 Å². The zero-order chi connectivity index (χ0) is 20.8. The number of carbonyl (C=O) groups is 2. The van der Waals surface area contributed by atoms with Crippen LogP contribution in [0.3, 0.4) is 0 Å². The molecule has 2 heterocycles. The standard InChI is InChI=1S/C21H20N4O4/c1-3-29-21(28)16-8-4-5-9-18(16)23-20(27)14(2)25-19(26)11-10-17(24-25)15-7-6-12-22-13-15/h4-14H,3H2,1-2H3,(H,23,27). The molecule has 0 fully saturated rings. The molecule has 0 aliphatic heterocycles. The van der Waals surface area contributed by atoms with E-state index in [0.29, 0.717) is 11.4 Å². The Balaban J connectivity index is 1.87. The van der Waals surface area contributed by atoms with Crippen LogP contribution in [0.4, 0.5) is 5.69 Å². The molecule has 8 nitrogen and oxygen atoms in total. The molecule has 29 heavy (non-hydrogen) atoms. The van der Waals surface area contributed by atoms with Crippen LogP contribution < -0.4 is 10.9 Å². The van der Waals surface area contributed by atoms with E-state index in [-0.39, 0.29) is 12.2 Å². The van der Waals surface area contributed by atoms with E-state index in [0.717, 1.165) is 10.2 Å². The number of esters is 1. The van der Waals surface area contributed by atoms with E-state index in [1.54, 1.807) is 62.6 Å². The van der Waals surface area contributed by atoms with Crippen LogP contribution >= 0.6 is 0 Å². The minimum atomic E-state index is -0.908. The maximum atomic E-state index is 12.8. The van der Waals surface area contributed by atoms with Crippen molar-refractivity contribution in [1.29, 1.82) is 0 Å². The highest BCUT2D eigenvalue weighted by Gasteiger charge is 2.21. The first-order chi connectivity index (χ1) is 14.0. The number of hydrogen-bond donors (Lipinski definition) is 1. The monoisotopic (exact) mass is 392 g/mol. The lowest BCUT2D eigenvalue weighted by atomic mass is 10.1. The molecule has 0 saturated carbocycles. The van der Waals surface area contributed by atoms with Gasteiger partial charge in [-0.05, 0) is 44.2 Å². The summed E-state index contributed by atoms with van der Waals surface area (Å²) < 4.78 is 6.12. The Morgan fingerprint density at radius 3 is 2.66 bits per heavy atom. The summed E-state index contributed by atoms with van der Waals surface area (Å²) in [5.74, 6) is -1.02. The van der Waals surface area contributed by atoms with E-state index in [9.17, 15) is 14.4 Å². The number of nitrogens with zero attached hydrogens (tertiary/aromatic N) is 3. The molecule has 0 radical (unpaired) electrons. The van der Waals surface area contributed by atoms with Crippen molar-refractivity contribution < 1.29 is 14.3 Å². The van der Waals surface area contributed by atoms with Gasteiger partial charge in [-0.1, -0.05) is 12.1 Å². The largest absolute Gasteiger partial charge is 0.462 e. The van der Waals surface area contributed by atoms with Crippen molar-refractivity contribution in [2.24, 2.45) is 0 Å². The molecular weight excluding hydrogens is 372 g/mol.